The second kappa shape index (κ2) is 6.89. The SMILES string of the molecule is CCN(Cc1ccc(OC)c(F)c1)C(=O)[C@H](N)C(C)(C)C. The van der Waals surface area contributed by atoms with Gasteiger partial charge in [0, 0.05) is 13.1 Å². The van der Waals surface area contributed by atoms with Gasteiger partial charge in [-0.2, -0.15) is 0 Å². The smallest absolute Gasteiger partial charge is 0.240 e. The van der Waals surface area contributed by atoms with Crippen LogP contribution in [0.3, 0.4) is 0 Å². The van der Waals surface area contributed by atoms with Gasteiger partial charge < -0.3 is 15.4 Å². The first-order valence-corrected chi connectivity index (χ1v) is 7.07. The van der Waals surface area contributed by atoms with Gasteiger partial charge in [0.05, 0.1) is 13.2 Å². The van der Waals surface area contributed by atoms with Gasteiger partial charge in [0.1, 0.15) is 0 Å². The molecule has 118 valence electrons. The van der Waals surface area contributed by atoms with Gasteiger partial charge in [0.25, 0.3) is 0 Å². The number of ether oxygens (including phenoxy) is 1. The quantitative estimate of drug-likeness (QED) is 0.908. The van der Waals surface area contributed by atoms with Crippen LogP contribution in [-0.2, 0) is 11.3 Å². The minimum atomic E-state index is -0.583. The van der Waals surface area contributed by atoms with E-state index < -0.39 is 11.9 Å². The zero-order valence-corrected chi connectivity index (χ0v) is 13.4. The van der Waals surface area contributed by atoms with E-state index in [0.29, 0.717) is 18.7 Å². The second-order valence-corrected chi connectivity index (χ2v) is 6.17. The molecular formula is C16H25FN2O2. The zero-order chi connectivity index (χ0) is 16.2. The predicted octanol–water partition coefficient (Wildman–Crippen LogP) is 2.56. The molecule has 0 aromatic heterocycles. The lowest BCUT2D eigenvalue weighted by atomic mass is 9.86. The Morgan fingerprint density at radius 3 is 2.48 bits per heavy atom. The average molecular weight is 296 g/mol. The number of methoxy groups -OCH3 is 1. The molecule has 0 saturated heterocycles. The molecule has 1 amide bonds. The third kappa shape index (κ3) is 4.43. The van der Waals surface area contributed by atoms with Crippen molar-refractivity contribution in [1.29, 1.82) is 0 Å². The van der Waals surface area contributed by atoms with Crippen LogP contribution in [0.5, 0.6) is 5.75 Å². The zero-order valence-electron chi connectivity index (χ0n) is 13.4. The number of halogens is 1. The van der Waals surface area contributed by atoms with Crippen LogP contribution in [0.25, 0.3) is 0 Å². The van der Waals surface area contributed by atoms with Crippen LogP contribution in [0, 0.1) is 11.2 Å². The summed E-state index contributed by atoms with van der Waals surface area (Å²) in [6, 6.07) is 4.12. The lowest BCUT2D eigenvalue weighted by molar-refractivity contribution is -0.135. The normalized spacial score (nSPS) is 12.9. The molecule has 1 rings (SSSR count). The molecule has 4 nitrogen and oxygen atoms in total. The number of hydrogen-bond donors (Lipinski definition) is 1. The summed E-state index contributed by atoms with van der Waals surface area (Å²) in [4.78, 5) is 14.1. The van der Waals surface area contributed by atoms with Crippen LogP contribution in [-0.4, -0.2) is 30.5 Å². The van der Waals surface area contributed by atoms with E-state index in [9.17, 15) is 9.18 Å². The van der Waals surface area contributed by atoms with Gasteiger partial charge in [-0.15, -0.1) is 0 Å². The Balaban J connectivity index is 2.88. The number of carbonyl (C=O) groups is 1. The van der Waals surface area contributed by atoms with E-state index in [2.05, 4.69) is 0 Å². The van der Waals surface area contributed by atoms with Crippen LogP contribution in [0.4, 0.5) is 4.39 Å². The van der Waals surface area contributed by atoms with Crippen molar-refractivity contribution >= 4 is 5.91 Å². The second-order valence-electron chi connectivity index (χ2n) is 6.17. The average Bonchev–Trinajstić information content (AvgIpc) is 2.42. The largest absolute Gasteiger partial charge is 0.494 e. The molecule has 0 unspecified atom stereocenters. The van der Waals surface area contributed by atoms with Crippen LogP contribution in [0.15, 0.2) is 18.2 Å². The van der Waals surface area contributed by atoms with Crippen molar-refractivity contribution in [3.63, 3.8) is 0 Å². The van der Waals surface area contributed by atoms with Crippen LogP contribution in [0.1, 0.15) is 33.3 Å². The monoisotopic (exact) mass is 296 g/mol. The van der Waals surface area contributed by atoms with Crippen molar-refractivity contribution in [2.24, 2.45) is 11.1 Å². The topological polar surface area (TPSA) is 55.6 Å². The fourth-order valence-electron chi connectivity index (χ4n) is 1.94. The molecule has 0 aliphatic rings. The Kier molecular flexibility index (Phi) is 5.72. The highest BCUT2D eigenvalue weighted by Gasteiger charge is 2.30. The predicted molar refractivity (Wildman–Crippen MR) is 81.5 cm³/mol. The number of benzene rings is 1. The highest BCUT2D eigenvalue weighted by Crippen LogP contribution is 2.22. The van der Waals surface area contributed by atoms with Crippen LogP contribution in [0.2, 0.25) is 0 Å². The Labute approximate surface area is 126 Å². The third-order valence-electron chi connectivity index (χ3n) is 3.48. The lowest BCUT2D eigenvalue weighted by Crippen LogP contribution is -2.50. The number of nitrogens with zero attached hydrogens (tertiary/aromatic N) is 1. The number of likely N-dealkylation sites (N-methyl/N-ethyl adjacent to an activating group) is 1. The molecule has 0 aliphatic heterocycles. The van der Waals surface area contributed by atoms with E-state index in [1.54, 1.807) is 17.0 Å². The fourth-order valence-corrected chi connectivity index (χ4v) is 1.94. The van der Waals surface area contributed by atoms with Gasteiger partial charge in [0.2, 0.25) is 5.91 Å². The highest BCUT2D eigenvalue weighted by atomic mass is 19.1. The number of hydrogen-bond acceptors (Lipinski definition) is 3. The molecule has 0 aliphatic carbocycles. The van der Waals surface area contributed by atoms with E-state index >= 15 is 0 Å². The summed E-state index contributed by atoms with van der Waals surface area (Å²) >= 11 is 0. The number of nitrogens with two attached hydrogens (primary N) is 1. The summed E-state index contributed by atoms with van der Waals surface area (Å²) in [6.45, 7) is 8.52. The summed E-state index contributed by atoms with van der Waals surface area (Å²) in [5, 5.41) is 0. The molecule has 0 radical (unpaired) electrons. The fraction of sp³-hybridized carbons (Fsp3) is 0.562. The lowest BCUT2D eigenvalue weighted by Gasteiger charge is -2.31. The molecule has 2 N–H and O–H groups in total. The van der Waals surface area contributed by atoms with Gasteiger partial charge >= 0.3 is 0 Å². The summed E-state index contributed by atoms with van der Waals surface area (Å²) in [6.07, 6.45) is 0. The van der Waals surface area contributed by atoms with E-state index in [1.165, 1.54) is 13.2 Å². The van der Waals surface area contributed by atoms with Gasteiger partial charge in [-0.3, -0.25) is 4.79 Å². The van der Waals surface area contributed by atoms with Gasteiger partial charge in [-0.25, -0.2) is 4.39 Å². The Bertz CT molecular complexity index is 498. The van der Waals surface area contributed by atoms with Gasteiger partial charge in [0.15, 0.2) is 11.6 Å². The maximum Gasteiger partial charge on any atom is 0.240 e. The molecule has 1 aromatic rings. The first-order valence-electron chi connectivity index (χ1n) is 7.07. The Hall–Kier alpha value is -1.62. The van der Waals surface area contributed by atoms with E-state index in [-0.39, 0.29) is 17.1 Å². The molecular weight excluding hydrogens is 271 g/mol. The van der Waals surface area contributed by atoms with Crippen molar-refractivity contribution in [3.05, 3.63) is 29.6 Å². The molecule has 0 bridgehead atoms. The third-order valence-corrected chi connectivity index (χ3v) is 3.48. The first-order chi connectivity index (χ1) is 9.70. The molecule has 0 saturated carbocycles. The van der Waals surface area contributed by atoms with Crippen molar-refractivity contribution in [1.82, 2.24) is 4.90 Å². The van der Waals surface area contributed by atoms with Crippen molar-refractivity contribution in [3.8, 4) is 5.75 Å². The Morgan fingerprint density at radius 1 is 1.43 bits per heavy atom. The van der Waals surface area contributed by atoms with E-state index in [0.717, 1.165) is 0 Å². The van der Waals surface area contributed by atoms with Gasteiger partial charge in [-0.05, 0) is 30.0 Å². The number of carbonyl (C=O) groups excluding carboxylic acids is 1. The maximum absolute atomic E-state index is 13.7. The first kappa shape index (κ1) is 17.4. The summed E-state index contributed by atoms with van der Waals surface area (Å²) in [5.74, 6) is -0.362. The summed E-state index contributed by atoms with van der Waals surface area (Å²) in [7, 11) is 1.42. The van der Waals surface area contributed by atoms with E-state index in [4.69, 9.17) is 10.5 Å². The molecule has 0 spiro atoms. The summed E-state index contributed by atoms with van der Waals surface area (Å²) < 4.78 is 18.6. The van der Waals surface area contributed by atoms with Crippen molar-refractivity contribution in [2.75, 3.05) is 13.7 Å². The highest BCUT2D eigenvalue weighted by molar-refractivity contribution is 5.82. The number of amides is 1. The molecule has 0 fully saturated rings. The summed E-state index contributed by atoms with van der Waals surface area (Å²) in [5.41, 5.74) is 6.42. The standard InChI is InChI=1S/C16H25FN2O2/c1-6-19(15(20)14(18)16(2,3)4)10-11-7-8-13(21-5)12(17)9-11/h7-9,14H,6,10,18H2,1-5H3/t14-/m0/s1. The Morgan fingerprint density at radius 2 is 2.05 bits per heavy atom. The van der Waals surface area contributed by atoms with Crippen LogP contribution < -0.4 is 10.5 Å². The maximum atomic E-state index is 13.7. The van der Waals surface area contributed by atoms with E-state index in [1.807, 2.05) is 27.7 Å². The molecule has 21 heavy (non-hydrogen) atoms. The molecule has 1 aromatic carbocycles. The van der Waals surface area contributed by atoms with Crippen molar-refractivity contribution in [2.45, 2.75) is 40.3 Å². The number of rotatable bonds is 5. The molecule has 1 atom stereocenters. The molecule has 5 heteroatoms. The minimum Gasteiger partial charge on any atom is -0.494 e. The van der Waals surface area contributed by atoms with Crippen molar-refractivity contribution < 1.29 is 13.9 Å². The van der Waals surface area contributed by atoms with Crippen LogP contribution >= 0.6 is 0 Å². The minimum absolute atomic E-state index is 0.124. The molecule has 0 heterocycles. The van der Waals surface area contributed by atoms with Gasteiger partial charge in [-0.1, -0.05) is 26.8 Å².